The van der Waals surface area contributed by atoms with E-state index >= 15 is 0 Å². The van der Waals surface area contributed by atoms with E-state index in [0.29, 0.717) is 23.7 Å². The number of para-hydroxylation sites is 2. The van der Waals surface area contributed by atoms with Gasteiger partial charge < -0.3 is 11.1 Å². The molecule has 3 N–H and O–H groups in total. The van der Waals surface area contributed by atoms with Gasteiger partial charge in [-0.3, -0.25) is 4.79 Å². The van der Waals surface area contributed by atoms with Crippen molar-refractivity contribution in [2.75, 3.05) is 11.1 Å². The molecule has 3 nitrogen and oxygen atoms in total. The molecule has 23 heavy (non-hydrogen) atoms. The van der Waals surface area contributed by atoms with Gasteiger partial charge in [0, 0.05) is 6.42 Å². The Morgan fingerprint density at radius 3 is 2.13 bits per heavy atom. The fourth-order valence-electron chi connectivity index (χ4n) is 2.42. The molecule has 2 aromatic rings. The number of hydrogen-bond acceptors (Lipinski definition) is 2. The summed E-state index contributed by atoms with van der Waals surface area (Å²) in [5, 5.41) is 2.88. The topological polar surface area (TPSA) is 55.1 Å². The Morgan fingerprint density at radius 2 is 1.57 bits per heavy atom. The van der Waals surface area contributed by atoms with Gasteiger partial charge in [0.2, 0.25) is 5.91 Å². The van der Waals surface area contributed by atoms with Crippen LogP contribution in [0.5, 0.6) is 0 Å². The lowest BCUT2D eigenvalue weighted by atomic mass is 9.94. The summed E-state index contributed by atoms with van der Waals surface area (Å²) in [6, 6.07) is 15.8. The van der Waals surface area contributed by atoms with Crippen molar-refractivity contribution < 1.29 is 4.79 Å². The molecule has 0 aliphatic heterocycles. The Hall–Kier alpha value is -2.00. The smallest absolute Gasteiger partial charge is 0.225 e. The molecule has 4 heteroatoms. The Kier molecular flexibility index (Phi) is 7.11. The first-order valence-corrected chi connectivity index (χ1v) is 7.71. The van der Waals surface area contributed by atoms with Gasteiger partial charge in [0.1, 0.15) is 0 Å². The number of nitrogen functional groups attached to an aromatic ring is 1. The van der Waals surface area contributed by atoms with E-state index in [2.05, 4.69) is 50.4 Å². The zero-order valence-electron chi connectivity index (χ0n) is 13.9. The molecule has 2 aromatic carbocycles. The van der Waals surface area contributed by atoms with Crippen molar-refractivity contribution in [3.05, 3.63) is 59.7 Å². The van der Waals surface area contributed by atoms with E-state index in [0.717, 1.165) is 0 Å². The monoisotopic (exact) mass is 332 g/mol. The van der Waals surface area contributed by atoms with Gasteiger partial charge in [0.15, 0.2) is 0 Å². The Labute approximate surface area is 144 Å². The zero-order valence-corrected chi connectivity index (χ0v) is 14.7. The van der Waals surface area contributed by atoms with E-state index in [1.807, 2.05) is 18.2 Å². The number of anilines is 2. The van der Waals surface area contributed by atoms with Crippen LogP contribution in [0.3, 0.4) is 0 Å². The van der Waals surface area contributed by atoms with Crippen LogP contribution in [0.1, 0.15) is 50.2 Å². The molecule has 124 valence electrons. The van der Waals surface area contributed by atoms with Gasteiger partial charge in [-0.2, -0.15) is 0 Å². The molecule has 2 rings (SSSR count). The molecule has 0 aromatic heterocycles. The standard InChI is InChI=1S/C19H24N2O.ClH/c1-13(2)15-8-10-16(11-9-15)14(3)12-19(22)21-18-7-5-4-6-17(18)20;/h4-11,13-14H,12,20H2,1-3H3,(H,21,22);1H. The molecular weight excluding hydrogens is 308 g/mol. The number of rotatable bonds is 5. The van der Waals surface area contributed by atoms with E-state index in [4.69, 9.17) is 5.73 Å². The second-order valence-corrected chi connectivity index (χ2v) is 6.06. The average Bonchev–Trinajstić information content (AvgIpc) is 2.49. The average molecular weight is 333 g/mol. The summed E-state index contributed by atoms with van der Waals surface area (Å²) in [5.74, 6) is 0.679. The van der Waals surface area contributed by atoms with E-state index < -0.39 is 0 Å². The van der Waals surface area contributed by atoms with Crippen LogP contribution in [0.15, 0.2) is 48.5 Å². The quantitative estimate of drug-likeness (QED) is 0.761. The third-order valence-electron chi connectivity index (χ3n) is 3.90. The molecule has 0 radical (unpaired) electrons. The van der Waals surface area contributed by atoms with Crippen LogP contribution < -0.4 is 11.1 Å². The van der Waals surface area contributed by atoms with Gasteiger partial charge in [-0.05, 0) is 35.1 Å². The van der Waals surface area contributed by atoms with Crippen molar-refractivity contribution in [1.82, 2.24) is 0 Å². The van der Waals surface area contributed by atoms with Crippen molar-refractivity contribution in [3.8, 4) is 0 Å². The number of halogens is 1. The van der Waals surface area contributed by atoms with Crippen LogP contribution in [0.2, 0.25) is 0 Å². The number of hydrogen-bond donors (Lipinski definition) is 2. The first-order valence-electron chi connectivity index (χ1n) is 7.71. The lowest BCUT2D eigenvalue weighted by Gasteiger charge is -2.14. The molecule has 1 amide bonds. The molecule has 0 fully saturated rings. The number of nitrogens with one attached hydrogen (secondary N) is 1. The van der Waals surface area contributed by atoms with Gasteiger partial charge in [-0.25, -0.2) is 0 Å². The fraction of sp³-hybridized carbons (Fsp3) is 0.316. The van der Waals surface area contributed by atoms with Crippen LogP contribution in [-0.4, -0.2) is 5.91 Å². The molecule has 0 saturated carbocycles. The third-order valence-corrected chi connectivity index (χ3v) is 3.90. The summed E-state index contributed by atoms with van der Waals surface area (Å²) in [7, 11) is 0. The minimum atomic E-state index is -0.0154. The largest absolute Gasteiger partial charge is 0.397 e. The Morgan fingerprint density at radius 1 is 1.00 bits per heavy atom. The van der Waals surface area contributed by atoms with Crippen molar-refractivity contribution in [2.45, 2.75) is 39.0 Å². The van der Waals surface area contributed by atoms with Gasteiger partial charge in [-0.15, -0.1) is 12.4 Å². The molecule has 0 spiro atoms. The maximum Gasteiger partial charge on any atom is 0.225 e. The summed E-state index contributed by atoms with van der Waals surface area (Å²) >= 11 is 0. The summed E-state index contributed by atoms with van der Waals surface area (Å²) in [6.45, 7) is 6.42. The highest BCUT2D eigenvalue weighted by Crippen LogP contribution is 2.23. The fourth-order valence-corrected chi connectivity index (χ4v) is 2.42. The van der Waals surface area contributed by atoms with E-state index in [1.54, 1.807) is 6.07 Å². The first kappa shape index (κ1) is 19.0. The summed E-state index contributed by atoms with van der Waals surface area (Å²) in [6.07, 6.45) is 0.440. The molecule has 1 unspecified atom stereocenters. The lowest BCUT2D eigenvalue weighted by Crippen LogP contribution is -2.15. The maximum absolute atomic E-state index is 12.2. The van der Waals surface area contributed by atoms with Crippen LogP contribution in [0, 0.1) is 0 Å². The number of carbonyl (C=O) groups is 1. The Bertz CT molecular complexity index is 638. The Balaban J connectivity index is 0.00000264. The number of carbonyl (C=O) groups excluding carboxylic acids is 1. The van der Waals surface area contributed by atoms with Gasteiger partial charge in [-0.1, -0.05) is 57.2 Å². The van der Waals surface area contributed by atoms with Gasteiger partial charge in [0.05, 0.1) is 11.4 Å². The molecule has 0 aliphatic rings. The van der Waals surface area contributed by atoms with Crippen LogP contribution in [-0.2, 0) is 4.79 Å². The third kappa shape index (κ3) is 5.29. The summed E-state index contributed by atoms with van der Waals surface area (Å²) in [5.41, 5.74) is 9.60. The van der Waals surface area contributed by atoms with Crippen molar-refractivity contribution in [2.24, 2.45) is 0 Å². The molecule has 0 heterocycles. The maximum atomic E-state index is 12.2. The normalized spacial score (nSPS) is 11.7. The van der Waals surface area contributed by atoms with Crippen molar-refractivity contribution >= 4 is 29.7 Å². The van der Waals surface area contributed by atoms with Gasteiger partial charge in [0.25, 0.3) is 0 Å². The van der Waals surface area contributed by atoms with Gasteiger partial charge >= 0.3 is 0 Å². The first-order chi connectivity index (χ1) is 10.5. The molecule has 1 atom stereocenters. The minimum absolute atomic E-state index is 0. The predicted octanol–water partition coefficient (Wildman–Crippen LogP) is 4.95. The molecule has 0 bridgehead atoms. The summed E-state index contributed by atoms with van der Waals surface area (Å²) in [4.78, 5) is 12.2. The SMILES string of the molecule is CC(C)c1ccc(C(C)CC(=O)Nc2ccccc2N)cc1.Cl. The molecule has 0 aliphatic carbocycles. The highest BCUT2D eigenvalue weighted by atomic mass is 35.5. The summed E-state index contributed by atoms with van der Waals surface area (Å²) < 4.78 is 0. The van der Waals surface area contributed by atoms with Crippen LogP contribution in [0.4, 0.5) is 11.4 Å². The predicted molar refractivity (Wildman–Crippen MR) is 100 cm³/mol. The van der Waals surface area contributed by atoms with E-state index in [-0.39, 0.29) is 24.2 Å². The lowest BCUT2D eigenvalue weighted by molar-refractivity contribution is -0.116. The molecular formula is C19H25ClN2O. The number of benzene rings is 2. The van der Waals surface area contributed by atoms with Crippen LogP contribution >= 0.6 is 12.4 Å². The van der Waals surface area contributed by atoms with Crippen molar-refractivity contribution in [1.29, 1.82) is 0 Å². The molecule has 0 saturated heterocycles. The highest BCUT2D eigenvalue weighted by molar-refractivity contribution is 5.94. The number of nitrogens with two attached hydrogens (primary N) is 1. The van der Waals surface area contributed by atoms with Crippen molar-refractivity contribution in [3.63, 3.8) is 0 Å². The van der Waals surface area contributed by atoms with Crippen LogP contribution in [0.25, 0.3) is 0 Å². The second-order valence-electron chi connectivity index (χ2n) is 6.06. The zero-order chi connectivity index (χ0) is 16.1. The minimum Gasteiger partial charge on any atom is -0.397 e. The number of amides is 1. The highest BCUT2D eigenvalue weighted by Gasteiger charge is 2.12. The second kappa shape index (κ2) is 8.59. The van der Waals surface area contributed by atoms with E-state index in [1.165, 1.54) is 11.1 Å². The van der Waals surface area contributed by atoms with E-state index in [9.17, 15) is 4.79 Å².